The van der Waals surface area contributed by atoms with Crippen molar-refractivity contribution in [1.29, 1.82) is 0 Å². The van der Waals surface area contributed by atoms with E-state index in [0.29, 0.717) is 5.69 Å². The van der Waals surface area contributed by atoms with Crippen LogP contribution in [-0.4, -0.2) is 0 Å². The first-order chi connectivity index (χ1) is 10.7. The van der Waals surface area contributed by atoms with Crippen molar-refractivity contribution in [2.45, 2.75) is 0 Å². The Kier molecular flexibility index (Phi) is 3.58. The Balaban J connectivity index is 2.14. The largest absolute Gasteiger partial charge is 0.238 e. The molecular formula is C17H7Br2NS2. The molecule has 0 bridgehead atoms. The van der Waals surface area contributed by atoms with Gasteiger partial charge in [0.25, 0.3) is 0 Å². The first-order valence-electron chi connectivity index (χ1n) is 6.46. The van der Waals surface area contributed by atoms with Crippen molar-refractivity contribution < 1.29 is 0 Å². The van der Waals surface area contributed by atoms with Crippen LogP contribution in [0.4, 0.5) is 5.69 Å². The average Bonchev–Trinajstić information content (AvgIpc) is 3.01. The Bertz CT molecular complexity index is 1070. The molecule has 0 amide bonds. The molecule has 5 heteroatoms. The number of rotatable bonds is 1. The van der Waals surface area contributed by atoms with Crippen LogP contribution < -0.4 is 0 Å². The molecule has 1 nitrogen and oxygen atoms in total. The summed E-state index contributed by atoms with van der Waals surface area (Å²) in [5.41, 5.74) is 3.06. The summed E-state index contributed by atoms with van der Waals surface area (Å²) < 4.78 is 4.68. The summed E-state index contributed by atoms with van der Waals surface area (Å²) in [4.78, 5) is 3.57. The zero-order valence-electron chi connectivity index (χ0n) is 11.1. The van der Waals surface area contributed by atoms with Crippen molar-refractivity contribution in [3.8, 4) is 11.1 Å². The molecule has 0 saturated carbocycles. The van der Waals surface area contributed by atoms with Crippen molar-refractivity contribution >= 4 is 80.4 Å². The van der Waals surface area contributed by atoms with Crippen LogP contribution in [0.25, 0.3) is 36.1 Å². The highest BCUT2D eigenvalue weighted by molar-refractivity contribution is 9.11. The van der Waals surface area contributed by atoms with Crippen LogP contribution in [0.15, 0.2) is 50.0 Å². The Labute approximate surface area is 152 Å². The molecule has 0 radical (unpaired) electrons. The Hall–Kier alpha value is -1.19. The minimum absolute atomic E-state index is 0.676. The minimum atomic E-state index is 0.676. The molecule has 0 aliphatic rings. The van der Waals surface area contributed by atoms with Crippen molar-refractivity contribution in [2.24, 2.45) is 0 Å². The summed E-state index contributed by atoms with van der Waals surface area (Å²) in [6.07, 6.45) is 0. The third-order valence-corrected chi connectivity index (χ3v) is 7.24. The van der Waals surface area contributed by atoms with Gasteiger partial charge in [-0.25, -0.2) is 4.85 Å². The van der Waals surface area contributed by atoms with Crippen LogP contribution in [0, 0.1) is 6.57 Å². The minimum Gasteiger partial charge on any atom is -0.238 e. The zero-order valence-corrected chi connectivity index (χ0v) is 15.9. The van der Waals surface area contributed by atoms with Gasteiger partial charge in [-0.1, -0.05) is 30.3 Å². The highest BCUT2D eigenvalue weighted by Crippen LogP contribution is 2.50. The second kappa shape index (κ2) is 5.47. The van der Waals surface area contributed by atoms with Crippen molar-refractivity contribution in [3.63, 3.8) is 0 Å². The van der Waals surface area contributed by atoms with Gasteiger partial charge in [-0.05, 0) is 49.4 Å². The lowest BCUT2D eigenvalue weighted by Crippen LogP contribution is -1.76. The van der Waals surface area contributed by atoms with Crippen molar-refractivity contribution in [3.05, 3.63) is 61.5 Å². The van der Waals surface area contributed by atoms with Crippen LogP contribution in [-0.2, 0) is 0 Å². The van der Waals surface area contributed by atoms with E-state index in [1.54, 1.807) is 22.7 Å². The highest BCUT2D eigenvalue weighted by Gasteiger charge is 2.19. The fourth-order valence-electron chi connectivity index (χ4n) is 2.61. The zero-order chi connectivity index (χ0) is 15.3. The van der Waals surface area contributed by atoms with E-state index < -0.39 is 0 Å². The van der Waals surface area contributed by atoms with Gasteiger partial charge in [0.1, 0.15) is 0 Å². The molecule has 0 aliphatic carbocycles. The summed E-state index contributed by atoms with van der Waals surface area (Å²) in [5, 5.41) is 2.38. The van der Waals surface area contributed by atoms with Crippen LogP contribution in [0.1, 0.15) is 0 Å². The van der Waals surface area contributed by atoms with Crippen LogP contribution in [0.5, 0.6) is 0 Å². The maximum absolute atomic E-state index is 7.25. The fourth-order valence-corrected chi connectivity index (χ4v) is 6.32. The van der Waals surface area contributed by atoms with E-state index in [9.17, 15) is 0 Å². The normalized spacial score (nSPS) is 11.1. The molecule has 0 spiro atoms. The van der Waals surface area contributed by atoms with E-state index in [-0.39, 0.29) is 0 Å². The fraction of sp³-hybridized carbons (Fsp3) is 0. The summed E-state index contributed by atoms with van der Waals surface area (Å²) >= 11 is 10.9. The number of benzene rings is 2. The number of fused-ring (bicyclic) bond motifs is 2. The smallest absolute Gasteiger partial charge is 0.187 e. The van der Waals surface area contributed by atoms with Crippen LogP contribution in [0.3, 0.4) is 0 Å². The summed E-state index contributed by atoms with van der Waals surface area (Å²) in [5.74, 6) is 0. The molecule has 0 aliphatic heterocycles. The van der Waals surface area contributed by atoms with Crippen LogP contribution >= 0.6 is 54.5 Å². The van der Waals surface area contributed by atoms with Gasteiger partial charge in [0.15, 0.2) is 5.69 Å². The first-order valence-corrected chi connectivity index (χ1v) is 9.68. The van der Waals surface area contributed by atoms with E-state index in [4.69, 9.17) is 6.57 Å². The van der Waals surface area contributed by atoms with Gasteiger partial charge in [-0.3, -0.25) is 0 Å². The van der Waals surface area contributed by atoms with Gasteiger partial charge >= 0.3 is 0 Å². The van der Waals surface area contributed by atoms with E-state index in [1.807, 2.05) is 18.2 Å². The van der Waals surface area contributed by atoms with Crippen molar-refractivity contribution in [1.82, 2.24) is 0 Å². The molecule has 2 aromatic heterocycles. The maximum Gasteiger partial charge on any atom is 0.187 e. The first kappa shape index (κ1) is 14.4. The number of nitrogens with zero attached hydrogens (tertiary/aromatic N) is 1. The highest BCUT2D eigenvalue weighted by atomic mass is 79.9. The number of halogens is 2. The van der Waals surface area contributed by atoms with Gasteiger partial charge in [0.05, 0.1) is 14.1 Å². The molecule has 0 atom stereocenters. The standard InChI is InChI=1S/C17H7Br2NS2/c1-20-9-6-7-13-11(8-9)15(17(19)22-13)14-10-4-2-3-5-12(10)21-16(14)18/h2-8H. The Morgan fingerprint density at radius 1 is 0.818 bits per heavy atom. The molecule has 0 fully saturated rings. The second-order valence-corrected chi connectivity index (χ2v) is 9.53. The van der Waals surface area contributed by atoms with Gasteiger partial charge < -0.3 is 0 Å². The quantitative estimate of drug-likeness (QED) is 0.261. The van der Waals surface area contributed by atoms with Crippen LogP contribution in [0.2, 0.25) is 0 Å². The lowest BCUT2D eigenvalue weighted by atomic mass is 10.0. The van der Waals surface area contributed by atoms with E-state index in [1.165, 1.54) is 25.9 Å². The van der Waals surface area contributed by atoms with Gasteiger partial charge in [-0.2, -0.15) is 0 Å². The summed E-state index contributed by atoms with van der Waals surface area (Å²) in [6.45, 7) is 7.25. The Morgan fingerprint density at radius 3 is 2.18 bits per heavy atom. The maximum atomic E-state index is 7.25. The van der Waals surface area contributed by atoms with E-state index in [0.717, 1.165) is 13.0 Å². The molecule has 2 aromatic carbocycles. The molecule has 22 heavy (non-hydrogen) atoms. The predicted octanol–water partition coefficient (Wildman–Crippen LogP) is 7.86. The third kappa shape index (κ3) is 2.14. The SMILES string of the molecule is [C-]#[N+]c1ccc2sc(Br)c(-c3c(Br)sc4ccccc34)c2c1. The summed E-state index contributed by atoms with van der Waals surface area (Å²) in [6, 6.07) is 14.3. The van der Waals surface area contributed by atoms with E-state index >= 15 is 0 Å². The average molecular weight is 449 g/mol. The van der Waals surface area contributed by atoms with Gasteiger partial charge in [0, 0.05) is 25.9 Å². The van der Waals surface area contributed by atoms with Gasteiger partial charge in [-0.15, -0.1) is 22.7 Å². The molecular weight excluding hydrogens is 442 g/mol. The molecule has 0 unspecified atom stereocenters. The van der Waals surface area contributed by atoms with Crippen molar-refractivity contribution in [2.75, 3.05) is 0 Å². The summed E-state index contributed by atoms with van der Waals surface area (Å²) in [7, 11) is 0. The molecule has 0 saturated heterocycles. The monoisotopic (exact) mass is 447 g/mol. The molecule has 4 aromatic rings. The molecule has 4 rings (SSSR count). The third-order valence-electron chi connectivity index (χ3n) is 3.56. The lowest BCUT2D eigenvalue weighted by molar-refractivity contribution is 1.79. The topological polar surface area (TPSA) is 4.36 Å². The number of hydrogen-bond donors (Lipinski definition) is 0. The molecule has 0 N–H and O–H groups in total. The lowest BCUT2D eigenvalue weighted by Gasteiger charge is -2.02. The van der Waals surface area contributed by atoms with Gasteiger partial charge in [0.2, 0.25) is 0 Å². The predicted molar refractivity (Wildman–Crippen MR) is 104 cm³/mol. The molecule has 106 valence electrons. The number of thiophene rings is 2. The van der Waals surface area contributed by atoms with E-state index in [2.05, 4.69) is 61.0 Å². The Morgan fingerprint density at radius 2 is 1.45 bits per heavy atom. The second-order valence-electron chi connectivity index (χ2n) is 4.79. The number of hydrogen-bond acceptors (Lipinski definition) is 2. The molecule has 2 heterocycles.